The minimum absolute atomic E-state index is 0.0137. The van der Waals surface area contributed by atoms with Gasteiger partial charge in [-0.1, -0.05) is 24.6 Å². The number of para-hydroxylation sites is 1. The lowest BCUT2D eigenvalue weighted by Gasteiger charge is -2.36. The van der Waals surface area contributed by atoms with Crippen LogP contribution < -0.4 is 20.1 Å². The van der Waals surface area contributed by atoms with E-state index >= 15 is 0 Å². The van der Waals surface area contributed by atoms with E-state index in [4.69, 9.17) is 4.74 Å². The van der Waals surface area contributed by atoms with Crippen LogP contribution in [-0.2, 0) is 20.2 Å². The average molecular weight is 428 g/mol. The van der Waals surface area contributed by atoms with Gasteiger partial charge in [0, 0.05) is 6.54 Å². The molecule has 1 heterocycles. The summed E-state index contributed by atoms with van der Waals surface area (Å²) >= 11 is 0. The number of anilines is 3. The first kappa shape index (κ1) is 20.3. The van der Waals surface area contributed by atoms with Gasteiger partial charge < -0.3 is 15.4 Å². The van der Waals surface area contributed by atoms with Crippen LogP contribution in [0.2, 0.25) is 0 Å². The van der Waals surface area contributed by atoms with E-state index in [1.807, 2.05) is 0 Å². The van der Waals surface area contributed by atoms with Crippen LogP contribution in [0.3, 0.4) is 0 Å². The van der Waals surface area contributed by atoms with Gasteiger partial charge in [0.05, 0.1) is 29.6 Å². The van der Waals surface area contributed by atoms with E-state index in [9.17, 15) is 13.2 Å². The lowest BCUT2D eigenvalue weighted by molar-refractivity contribution is -0.123. The van der Waals surface area contributed by atoms with Crippen molar-refractivity contribution >= 4 is 33.0 Å². The van der Waals surface area contributed by atoms with Gasteiger partial charge in [0.1, 0.15) is 10.6 Å². The molecule has 7 nitrogen and oxygen atoms in total. The van der Waals surface area contributed by atoms with Gasteiger partial charge in [-0.15, -0.1) is 6.58 Å². The van der Waals surface area contributed by atoms with Crippen molar-refractivity contribution in [3.63, 3.8) is 0 Å². The number of fused-ring (bicyclic) bond motifs is 2. The Morgan fingerprint density at radius 2 is 2.03 bits per heavy atom. The molecule has 0 saturated heterocycles. The molecule has 2 aliphatic rings. The number of nitrogens with one attached hydrogen (secondary N) is 3. The first-order chi connectivity index (χ1) is 14.4. The maximum Gasteiger partial charge on any atom is 0.265 e. The van der Waals surface area contributed by atoms with Crippen molar-refractivity contribution in [3.05, 3.63) is 54.6 Å². The number of benzene rings is 2. The van der Waals surface area contributed by atoms with Crippen molar-refractivity contribution < 1.29 is 17.9 Å². The summed E-state index contributed by atoms with van der Waals surface area (Å²) < 4.78 is 34.0. The van der Waals surface area contributed by atoms with Gasteiger partial charge in [-0.3, -0.25) is 9.52 Å². The zero-order valence-electron chi connectivity index (χ0n) is 16.8. The molecule has 0 radical (unpaired) electrons. The highest BCUT2D eigenvalue weighted by Crippen LogP contribution is 2.54. The third-order valence-electron chi connectivity index (χ3n) is 5.81. The minimum Gasteiger partial charge on any atom is -0.495 e. The Balaban J connectivity index is 1.74. The lowest BCUT2D eigenvalue weighted by Crippen LogP contribution is -2.40. The Labute approximate surface area is 176 Å². The maximum absolute atomic E-state index is 13.1. The number of carbonyl (C=O) groups excluding carboxylic acids is 1. The molecule has 1 amide bonds. The molecule has 30 heavy (non-hydrogen) atoms. The molecule has 8 heteroatoms. The number of ether oxygens (including phenoxy) is 1. The first-order valence-corrected chi connectivity index (χ1v) is 11.4. The second kappa shape index (κ2) is 7.68. The number of carbonyl (C=O) groups is 1. The van der Waals surface area contributed by atoms with Crippen LogP contribution in [-0.4, -0.2) is 28.0 Å². The van der Waals surface area contributed by atoms with Gasteiger partial charge in [0.15, 0.2) is 0 Å². The van der Waals surface area contributed by atoms with E-state index in [0.29, 0.717) is 17.9 Å². The SMILES string of the molecule is C=CCCNc1cc(NS(=O)(=O)c2ccccc2OC)cc2c1NC(=O)C21CCC1. The molecular weight excluding hydrogens is 402 g/mol. The van der Waals surface area contributed by atoms with Gasteiger partial charge in [-0.05, 0) is 49.1 Å². The van der Waals surface area contributed by atoms with Crippen LogP contribution in [0.15, 0.2) is 53.9 Å². The average Bonchev–Trinajstić information content (AvgIpc) is 3.00. The molecule has 1 spiro atoms. The van der Waals surface area contributed by atoms with Gasteiger partial charge in [-0.2, -0.15) is 0 Å². The summed E-state index contributed by atoms with van der Waals surface area (Å²) in [5, 5.41) is 6.30. The van der Waals surface area contributed by atoms with E-state index in [0.717, 1.165) is 36.9 Å². The fourth-order valence-electron chi connectivity index (χ4n) is 4.09. The van der Waals surface area contributed by atoms with Crippen LogP contribution >= 0.6 is 0 Å². The van der Waals surface area contributed by atoms with Crippen molar-refractivity contribution in [1.29, 1.82) is 0 Å². The molecule has 3 N–H and O–H groups in total. The van der Waals surface area contributed by atoms with Crippen molar-refractivity contribution in [3.8, 4) is 5.75 Å². The minimum atomic E-state index is -3.88. The smallest absolute Gasteiger partial charge is 0.265 e. The highest BCUT2D eigenvalue weighted by atomic mass is 32.2. The molecule has 1 fully saturated rings. The summed E-state index contributed by atoms with van der Waals surface area (Å²) in [6, 6.07) is 9.95. The van der Waals surface area contributed by atoms with Gasteiger partial charge in [0.2, 0.25) is 5.91 Å². The van der Waals surface area contributed by atoms with E-state index in [2.05, 4.69) is 21.9 Å². The fourth-order valence-corrected chi connectivity index (χ4v) is 5.31. The second-order valence-corrected chi connectivity index (χ2v) is 9.25. The number of amides is 1. The Kier molecular flexibility index (Phi) is 5.19. The number of hydrogen-bond donors (Lipinski definition) is 3. The molecule has 2 aromatic carbocycles. The summed E-state index contributed by atoms with van der Waals surface area (Å²) in [5.41, 5.74) is 2.13. The lowest BCUT2D eigenvalue weighted by atomic mass is 9.65. The largest absolute Gasteiger partial charge is 0.495 e. The maximum atomic E-state index is 13.1. The molecular formula is C22H25N3O4S. The van der Waals surface area contributed by atoms with Crippen LogP contribution in [0, 0.1) is 0 Å². The molecule has 1 aliphatic heterocycles. The Hall–Kier alpha value is -3.00. The molecule has 4 rings (SSSR count). The molecule has 1 aliphatic carbocycles. The Bertz CT molecular complexity index is 1110. The van der Waals surface area contributed by atoms with Gasteiger partial charge in [-0.25, -0.2) is 8.42 Å². The van der Waals surface area contributed by atoms with Gasteiger partial charge in [0.25, 0.3) is 10.0 Å². The topological polar surface area (TPSA) is 96.5 Å². The standard InChI is InChI=1S/C22H25N3O4S/c1-3-4-12-23-17-14-15(13-16-20(17)24-21(26)22(16)10-7-11-22)25-30(27,28)19-9-6-5-8-18(19)29-2/h3,5-6,8-9,13-14,23,25H,1,4,7,10-12H2,2H3,(H,24,26). The third-order valence-corrected chi connectivity index (χ3v) is 7.23. The van der Waals surface area contributed by atoms with E-state index in [-0.39, 0.29) is 16.6 Å². The molecule has 0 atom stereocenters. The number of hydrogen-bond acceptors (Lipinski definition) is 5. The first-order valence-electron chi connectivity index (χ1n) is 9.92. The summed E-state index contributed by atoms with van der Waals surface area (Å²) in [4.78, 5) is 12.8. The van der Waals surface area contributed by atoms with Crippen LogP contribution in [0.25, 0.3) is 0 Å². The summed E-state index contributed by atoms with van der Waals surface area (Å²) in [6.07, 6.45) is 5.04. The zero-order chi connectivity index (χ0) is 21.4. The van der Waals surface area contributed by atoms with Crippen molar-refractivity contribution in [2.45, 2.75) is 36.0 Å². The van der Waals surface area contributed by atoms with Crippen LogP contribution in [0.4, 0.5) is 17.1 Å². The highest BCUT2D eigenvalue weighted by Gasteiger charge is 2.51. The van der Waals surface area contributed by atoms with Crippen LogP contribution in [0.5, 0.6) is 5.75 Å². The molecule has 2 aromatic rings. The highest BCUT2D eigenvalue weighted by molar-refractivity contribution is 7.92. The summed E-state index contributed by atoms with van der Waals surface area (Å²) in [7, 11) is -2.45. The summed E-state index contributed by atoms with van der Waals surface area (Å²) in [5.74, 6) is 0.253. The van der Waals surface area contributed by atoms with Crippen LogP contribution in [0.1, 0.15) is 31.2 Å². The summed E-state index contributed by atoms with van der Waals surface area (Å²) in [6.45, 7) is 4.35. The Morgan fingerprint density at radius 3 is 2.70 bits per heavy atom. The predicted octanol–water partition coefficient (Wildman–Crippen LogP) is 3.86. The van der Waals surface area contributed by atoms with Gasteiger partial charge >= 0.3 is 0 Å². The van der Waals surface area contributed by atoms with E-state index in [1.54, 1.807) is 36.4 Å². The molecule has 0 bridgehead atoms. The molecule has 0 unspecified atom stereocenters. The third kappa shape index (κ3) is 3.31. The number of methoxy groups -OCH3 is 1. The second-order valence-electron chi connectivity index (χ2n) is 7.60. The quantitative estimate of drug-likeness (QED) is 0.439. The van der Waals surface area contributed by atoms with Crippen molar-refractivity contribution in [2.24, 2.45) is 0 Å². The Morgan fingerprint density at radius 1 is 1.27 bits per heavy atom. The normalized spacial score (nSPS) is 16.4. The molecule has 0 aromatic heterocycles. The number of rotatable bonds is 8. The van der Waals surface area contributed by atoms with Crippen molar-refractivity contribution in [2.75, 3.05) is 29.0 Å². The predicted molar refractivity (Wildman–Crippen MR) is 118 cm³/mol. The zero-order valence-corrected chi connectivity index (χ0v) is 17.6. The van der Waals surface area contributed by atoms with Crippen molar-refractivity contribution in [1.82, 2.24) is 0 Å². The fraction of sp³-hybridized carbons (Fsp3) is 0.318. The van der Waals surface area contributed by atoms with E-state index < -0.39 is 15.4 Å². The van der Waals surface area contributed by atoms with E-state index in [1.165, 1.54) is 13.2 Å². The number of sulfonamides is 1. The monoisotopic (exact) mass is 427 g/mol. The molecule has 1 saturated carbocycles. The molecule has 158 valence electrons.